The van der Waals surface area contributed by atoms with Crippen LogP contribution >= 0.6 is 11.3 Å². The Morgan fingerprint density at radius 2 is 1.42 bits per heavy atom. The number of hydrogen-bond acceptors (Lipinski definition) is 12. The summed E-state index contributed by atoms with van der Waals surface area (Å²) in [5, 5.41) is 15.7. The molecule has 0 radical (unpaired) electrons. The van der Waals surface area contributed by atoms with Crippen molar-refractivity contribution < 1.29 is 46.9 Å². The first-order valence-electron chi connectivity index (χ1n) is 28.7. The lowest BCUT2D eigenvalue weighted by atomic mass is 9.85. The Kier molecular flexibility index (Phi) is 21.8. The topological polar surface area (TPSA) is 193 Å². The summed E-state index contributed by atoms with van der Waals surface area (Å²) in [5.41, 5.74) is 4.16. The number of amides is 2. The van der Waals surface area contributed by atoms with Gasteiger partial charge >= 0.3 is 5.69 Å². The minimum Gasteiger partial charge on any atom is -0.493 e. The highest BCUT2D eigenvalue weighted by molar-refractivity contribution is 7.90. The van der Waals surface area contributed by atoms with E-state index in [1.807, 2.05) is 39.8 Å². The normalized spacial score (nSPS) is 15.0. The number of hydrogen-bond donors (Lipinski definition) is 2. The number of aliphatic hydroxyl groups is 1. The largest absolute Gasteiger partial charge is 0.493 e. The molecule has 436 valence electrons. The lowest BCUT2D eigenvalue weighted by molar-refractivity contribution is -0.143. The molecular formula is C64H82N4O11S2. The summed E-state index contributed by atoms with van der Waals surface area (Å²) in [6.07, 6.45) is 8.72. The summed E-state index contributed by atoms with van der Waals surface area (Å²) in [4.78, 5) is 70.4. The molecule has 0 saturated carbocycles. The Morgan fingerprint density at radius 3 is 2.07 bits per heavy atom. The summed E-state index contributed by atoms with van der Waals surface area (Å²) >= 11 is 1.69. The van der Waals surface area contributed by atoms with Crippen LogP contribution in [0.3, 0.4) is 0 Å². The number of carbonyl (C=O) groups excluding carboxylic acids is 4. The Labute approximate surface area is 481 Å². The van der Waals surface area contributed by atoms with E-state index >= 15 is 0 Å². The van der Waals surface area contributed by atoms with E-state index in [0.717, 1.165) is 62.5 Å². The molecule has 3 heterocycles. The number of rotatable bonds is 30. The molecule has 17 heteroatoms. The van der Waals surface area contributed by atoms with Gasteiger partial charge in [0.2, 0.25) is 11.8 Å². The predicted octanol–water partition coefficient (Wildman–Crippen LogP) is 12.0. The first-order chi connectivity index (χ1) is 38.7. The fourth-order valence-corrected chi connectivity index (χ4v) is 12.7. The number of aliphatic hydroxyl groups excluding tert-OH is 1. The SMILES string of the molecule is CCCCCOc1cc(OCCC)cc(Oc2cc3c(cc2CS(=O)(=O)c2cccc(C(=O)CCCCCCCCC(=O)N[C@H](C(=O)N4C[C@H](O)C[C@H]4C(=O)CCc4ccc(-c5sccc5C)cc4)C(C)(C)C)c2)n(C)c(=O)n3C)c1. The number of ether oxygens (including phenoxy) is 3. The smallest absolute Gasteiger partial charge is 0.328 e. The molecule has 1 saturated heterocycles. The van der Waals surface area contributed by atoms with Crippen molar-refractivity contribution in [2.75, 3.05) is 19.8 Å². The molecule has 6 aromatic rings. The summed E-state index contributed by atoms with van der Waals surface area (Å²) in [5.74, 6) is 0.352. The number of fused-ring (bicyclic) bond motifs is 1. The Morgan fingerprint density at radius 1 is 0.765 bits per heavy atom. The minimum atomic E-state index is -4.05. The number of thiophene rings is 1. The van der Waals surface area contributed by atoms with Crippen molar-refractivity contribution in [3.05, 3.63) is 123 Å². The number of aryl methyl sites for hydroxylation is 4. The molecule has 1 aliphatic heterocycles. The van der Waals surface area contributed by atoms with Crippen molar-refractivity contribution in [1.29, 1.82) is 0 Å². The highest BCUT2D eigenvalue weighted by atomic mass is 32.2. The van der Waals surface area contributed by atoms with E-state index in [0.29, 0.717) is 71.9 Å². The first-order valence-corrected chi connectivity index (χ1v) is 31.3. The van der Waals surface area contributed by atoms with Crippen molar-refractivity contribution in [2.45, 2.75) is 167 Å². The van der Waals surface area contributed by atoms with Gasteiger partial charge in [0.15, 0.2) is 21.4 Å². The van der Waals surface area contributed by atoms with Gasteiger partial charge in [0.05, 0.1) is 47.0 Å². The van der Waals surface area contributed by atoms with Crippen LogP contribution in [0.2, 0.25) is 0 Å². The van der Waals surface area contributed by atoms with Gasteiger partial charge in [-0.3, -0.25) is 28.3 Å². The van der Waals surface area contributed by atoms with Crippen LogP contribution in [0.1, 0.15) is 152 Å². The number of carbonyl (C=O) groups is 4. The number of nitrogens with one attached hydrogen (secondary N) is 1. The maximum Gasteiger partial charge on any atom is 0.328 e. The highest BCUT2D eigenvalue weighted by Gasteiger charge is 2.44. The van der Waals surface area contributed by atoms with E-state index in [1.165, 1.54) is 36.6 Å². The van der Waals surface area contributed by atoms with Gasteiger partial charge in [0.25, 0.3) is 0 Å². The number of ketones is 2. The predicted molar refractivity (Wildman–Crippen MR) is 319 cm³/mol. The van der Waals surface area contributed by atoms with E-state index in [2.05, 4.69) is 42.7 Å². The summed E-state index contributed by atoms with van der Waals surface area (Å²) in [7, 11) is -0.772. The summed E-state index contributed by atoms with van der Waals surface area (Å²) < 4.78 is 50.0. The Hall–Kier alpha value is -6.56. The molecule has 0 bridgehead atoms. The summed E-state index contributed by atoms with van der Waals surface area (Å²) in [6.45, 7) is 12.9. The molecule has 1 aliphatic rings. The third kappa shape index (κ3) is 16.6. The number of sulfone groups is 1. The van der Waals surface area contributed by atoms with Crippen LogP contribution in [0.4, 0.5) is 0 Å². The number of imidazole rings is 1. The molecule has 7 rings (SSSR count). The molecule has 3 atom stereocenters. The van der Waals surface area contributed by atoms with E-state index in [-0.39, 0.29) is 71.9 Å². The lowest BCUT2D eigenvalue weighted by Gasteiger charge is -2.35. The zero-order valence-corrected chi connectivity index (χ0v) is 50.1. The van der Waals surface area contributed by atoms with Crippen molar-refractivity contribution in [3.8, 4) is 33.4 Å². The second-order valence-corrected chi connectivity index (χ2v) is 25.6. The van der Waals surface area contributed by atoms with Gasteiger partial charge in [-0.05, 0) is 90.8 Å². The van der Waals surface area contributed by atoms with Gasteiger partial charge < -0.3 is 29.5 Å². The van der Waals surface area contributed by atoms with Gasteiger partial charge in [0.1, 0.15) is 29.0 Å². The van der Waals surface area contributed by atoms with Gasteiger partial charge in [-0.15, -0.1) is 11.3 Å². The zero-order valence-electron chi connectivity index (χ0n) is 48.5. The number of nitrogens with zero attached hydrogens (tertiary/aromatic N) is 3. The fraction of sp³-hybridized carbons (Fsp3) is 0.484. The van der Waals surface area contributed by atoms with Crippen molar-refractivity contribution in [1.82, 2.24) is 19.4 Å². The van der Waals surface area contributed by atoms with Crippen LogP contribution in [0.25, 0.3) is 21.5 Å². The molecule has 81 heavy (non-hydrogen) atoms. The number of benzene rings is 4. The number of unbranched alkanes of at least 4 members (excludes halogenated alkanes) is 7. The average molecular weight is 1150 g/mol. The summed E-state index contributed by atoms with van der Waals surface area (Å²) in [6, 6.07) is 23.4. The third-order valence-corrected chi connectivity index (χ3v) is 17.8. The van der Waals surface area contributed by atoms with Crippen LogP contribution in [-0.4, -0.2) is 88.9 Å². The van der Waals surface area contributed by atoms with E-state index < -0.39 is 39.2 Å². The van der Waals surface area contributed by atoms with E-state index in [4.69, 9.17) is 14.2 Å². The standard InChI is InChI=1S/C64H82N4O11S2/c1-9-11-18-32-78-50-37-49(77-31-10-2)38-51(39-50)79-58-40-54-53(66(7)63(74)67(54)8)35-47(58)42-81(75,76)52-21-19-20-46(34-52)56(70)22-16-14-12-13-15-17-23-59(72)65-61(64(4,5)6)62(73)68-41-48(69)36-55(68)57(71)29-26-44-24-27-45(28-25-44)60-43(3)30-33-80-60/h19-21,24-25,27-28,30,33-35,37-40,48,55,61,69H,9-18,22-23,26,29,31-32,36,41-42H2,1-8H3,(H,65,72)/t48-,55+,61-/m1/s1. The molecular weight excluding hydrogens is 1060 g/mol. The van der Waals surface area contributed by atoms with Crippen LogP contribution in [0.15, 0.2) is 100.0 Å². The van der Waals surface area contributed by atoms with Gasteiger partial charge in [-0.25, -0.2) is 13.2 Å². The van der Waals surface area contributed by atoms with Crippen LogP contribution in [-0.2, 0) is 50.5 Å². The first kappa shape index (κ1) is 62.0. The van der Waals surface area contributed by atoms with Gasteiger partial charge in [-0.2, -0.15) is 0 Å². The molecule has 2 aromatic heterocycles. The van der Waals surface area contributed by atoms with Crippen molar-refractivity contribution in [3.63, 3.8) is 0 Å². The van der Waals surface area contributed by atoms with Crippen molar-refractivity contribution in [2.24, 2.45) is 19.5 Å². The Balaban J connectivity index is 0.883. The van der Waals surface area contributed by atoms with Crippen LogP contribution in [0, 0.1) is 12.3 Å². The maximum absolute atomic E-state index is 14.3. The van der Waals surface area contributed by atoms with Gasteiger partial charge in [0, 0.05) is 86.6 Å². The lowest BCUT2D eigenvalue weighted by Crippen LogP contribution is -2.56. The number of Topliss-reactive ketones (excluding diaryl/α,β-unsaturated/α-hetero) is 2. The maximum atomic E-state index is 14.3. The van der Waals surface area contributed by atoms with E-state index in [1.54, 1.807) is 67.9 Å². The monoisotopic (exact) mass is 1150 g/mol. The third-order valence-electron chi connectivity index (χ3n) is 15.0. The molecule has 2 N–H and O–H groups in total. The molecule has 0 aliphatic carbocycles. The molecule has 0 spiro atoms. The van der Waals surface area contributed by atoms with E-state index in [9.17, 15) is 37.5 Å². The molecule has 15 nitrogen and oxygen atoms in total. The molecule has 1 fully saturated rings. The number of likely N-dealkylation sites (tertiary alicyclic amines) is 1. The fourth-order valence-electron chi connectivity index (χ4n) is 10.3. The second-order valence-electron chi connectivity index (χ2n) is 22.7. The Bertz CT molecular complexity index is 3320. The molecule has 0 unspecified atom stereocenters. The quantitative estimate of drug-likeness (QED) is 0.0322. The second kappa shape index (κ2) is 28.4. The van der Waals surface area contributed by atoms with Crippen LogP contribution in [0.5, 0.6) is 23.0 Å². The molecule has 4 aromatic carbocycles. The average Bonchev–Trinajstić information content (AvgIpc) is 4.12. The molecule has 2 amide bonds. The van der Waals surface area contributed by atoms with Crippen LogP contribution < -0.4 is 25.2 Å². The minimum absolute atomic E-state index is 0.0103. The number of β-amino-alcohol motifs (C(OH)–C–C–N with tert-alkyl or cyclic N) is 1. The zero-order chi connectivity index (χ0) is 58.4. The highest BCUT2D eigenvalue weighted by Crippen LogP contribution is 2.37. The van der Waals surface area contributed by atoms with Crippen molar-refractivity contribution >= 4 is 55.6 Å². The van der Waals surface area contributed by atoms with Gasteiger partial charge in [-0.1, -0.05) is 110 Å². The number of aromatic nitrogens is 2.